The van der Waals surface area contributed by atoms with Crippen molar-refractivity contribution in [1.82, 2.24) is 0 Å². The highest BCUT2D eigenvalue weighted by atomic mass is 16.4. The maximum absolute atomic E-state index is 12.1. The summed E-state index contributed by atoms with van der Waals surface area (Å²) in [6, 6.07) is 0. The summed E-state index contributed by atoms with van der Waals surface area (Å²) in [7, 11) is 0. The van der Waals surface area contributed by atoms with Crippen molar-refractivity contribution in [3.05, 3.63) is 37.0 Å². The molecule has 0 bridgehead atoms. The molecule has 3 atom stereocenters. The number of hydrogen-bond acceptors (Lipinski definition) is 3. The van der Waals surface area contributed by atoms with Crippen LogP contribution < -0.4 is 0 Å². The normalized spacial score (nSPS) is 21.3. The van der Waals surface area contributed by atoms with Crippen molar-refractivity contribution in [2.75, 3.05) is 0 Å². The van der Waals surface area contributed by atoms with Crippen LogP contribution in [0.1, 0.15) is 84.0 Å². The van der Waals surface area contributed by atoms with E-state index < -0.39 is 11.6 Å². The number of carboxylic acids is 1. The summed E-state index contributed by atoms with van der Waals surface area (Å²) in [5.74, 6) is -0.485. The number of aliphatic carboxylic acids is 1. The van der Waals surface area contributed by atoms with Gasteiger partial charge in [0.25, 0.3) is 0 Å². The first kappa shape index (κ1) is 24.4. The standard InChI is InChI=1S/C24H38O4/c1-3-5-6-11-18-24(28,4-2)19-12-13-20-16-17-22(25)21(20)14-9-7-8-10-15-23(26)27/h4,12-13,16-17,20-21,28H,2-3,5-11,14-15,18-19H2,1H3,(H,26,27)/b13-12+/t20-,21+,24?/m0/s1. The van der Waals surface area contributed by atoms with Crippen LogP contribution in [0.5, 0.6) is 0 Å². The molecule has 158 valence electrons. The molecule has 0 saturated carbocycles. The first-order valence-corrected chi connectivity index (χ1v) is 10.9. The molecule has 0 aromatic rings. The van der Waals surface area contributed by atoms with E-state index in [4.69, 9.17) is 5.11 Å². The molecule has 1 aliphatic carbocycles. The summed E-state index contributed by atoms with van der Waals surface area (Å²) in [4.78, 5) is 22.7. The number of allylic oxidation sites excluding steroid dienone is 3. The van der Waals surface area contributed by atoms with Gasteiger partial charge < -0.3 is 10.2 Å². The molecule has 0 amide bonds. The van der Waals surface area contributed by atoms with Gasteiger partial charge in [0.1, 0.15) is 0 Å². The minimum Gasteiger partial charge on any atom is -0.481 e. The first-order chi connectivity index (χ1) is 13.4. The van der Waals surface area contributed by atoms with Crippen molar-refractivity contribution >= 4 is 11.8 Å². The average molecular weight is 391 g/mol. The Morgan fingerprint density at radius 1 is 1.18 bits per heavy atom. The van der Waals surface area contributed by atoms with Crippen molar-refractivity contribution in [2.45, 2.75) is 89.6 Å². The number of unbranched alkanes of at least 4 members (excludes halogenated alkanes) is 6. The van der Waals surface area contributed by atoms with E-state index in [0.717, 1.165) is 44.9 Å². The van der Waals surface area contributed by atoms with Crippen molar-refractivity contribution in [2.24, 2.45) is 11.8 Å². The molecule has 1 unspecified atom stereocenters. The maximum atomic E-state index is 12.1. The fourth-order valence-electron chi connectivity index (χ4n) is 3.75. The molecule has 28 heavy (non-hydrogen) atoms. The Labute approximate surface area is 170 Å². The van der Waals surface area contributed by atoms with Crippen molar-refractivity contribution in [1.29, 1.82) is 0 Å². The van der Waals surface area contributed by atoms with Crippen molar-refractivity contribution in [3.63, 3.8) is 0 Å². The minimum absolute atomic E-state index is 0.0166. The fourth-order valence-corrected chi connectivity index (χ4v) is 3.75. The third-order valence-electron chi connectivity index (χ3n) is 5.64. The van der Waals surface area contributed by atoms with E-state index in [1.807, 2.05) is 12.2 Å². The molecule has 0 saturated heterocycles. The SMILES string of the molecule is C=CC(O)(C/C=C/[C@H]1C=CC(=O)[C@@H]1CCCCCCC(=O)O)CCCCCC. The van der Waals surface area contributed by atoms with Gasteiger partial charge in [-0.1, -0.05) is 76.2 Å². The van der Waals surface area contributed by atoms with Crippen LogP contribution in [0.25, 0.3) is 0 Å². The molecule has 0 spiro atoms. The number of carboxylic acid groups (broad SMARTS) is 1. The summed E-state index contributed by atoms with van der Waals surface area (Å²) in [6.45, 7) is 5.97. The molecular formula is C24H38O4. The topological polar surface area (TPSA) is 74.6 Å². The highest BCUT2D eigenvalue weighted by Gasteiger charge is 2.28. The van der Waals surface area contributed by atoms with Crippen LogP contribution in [0.3, 0.4) is 0 Å². The van der Waals surface area contributed by atoms with Crippen molar-refractivity contribution < 1.29 is 19.8 Å². The summed E-state index contributed by atoms with van der Waals surface area (Å²) in [5.41, 5.74) is -0.865. The zero-order chi connectivity index (χ0) is 20.8. The van der Waals surface area contributed by atoms with Gasteiger partial charge in [-0.25, -0.2) is 0 Å². The third kappa shape index (κ3) is 9.50. The van der Waals surface area contributed by atoms with Gasteiger partial charge in [0.2, 0.25) is 0 Å². The molecule has 0 radical (unpaired) electrons. The van der Waals surface area contributed by atoms with Gasteiger partial charge in [0, 0.05) is 18.3 Å². The Bertz CT molecular complexity index is 549. The summed E-state index contributed by atoms with van der Waals surface area (Å²) < 4.78 is 0. The number of carbonyl (C=O) groups excluding carboxylic acids is 1. The zero-order valence-corrected chi connectivity index (χ0v) is 17.4. The van der Waals surface area contributed by atoms with E-state index in [1.165, 1.54) is 12.8 Å². The number of aliphatic hydroxyl groups is 1. The molecule has 1 aliphatic rings. The molecule has 0 aromatic heterocycles. The van der Waals surface area contributed by atoms with Crippen LogP contribution >= 0.6 is 0 Å². The van der Waals surface area contributed by atoms with Gasteiger partial charge >= 0.3 is 5.97 Å². The second-order valence-corrected chi connectivity index (χ2v) is 8.04. The Hall–Kier alpha value is -1.68. The molecule has 0 aliphatic heterocycles. The molecule has 0 heterocycles. The van der Waals surface area contributed by atoms with E-state index >= 15 is 0 Å². The Morgan fingerprint density at radius 2 is 1.89 bits per heavy atom. The van der Waals surface area contributed by atoms with E-state index in [1.54, 1.807) is 12.2 Å². The van der Waals surface area contributed by atoms with Gasteiger partial charge in [0.05, 0.1) is 5.60 Å². The van der Waals surface area contributed by atoms with Crippen LogP contribution in [-0.4, -0.2) is 27.6 Å². The largest absolute Gasteiger partial charge is 0.481 e. The van der Waals surface area contributed by atoms with Crippen LogP contribution in [0.4, 0.5) is 0 Å². The lowest BCUT2D eigenvalue weighted by atomic mass is 9.87. The van der Waals surface area contributed by atoms with Crippen LogP contribution in [0, 0.1) is 11.8 Å². The lowest BCUT2D eigenvalue weighted by Crippen LogP contribution is -2.24. The van der Waals surface area contributed by atoms with Crippen LogP contribution in [0.2, 0.25) is 0 Å². The van der Waals surface area contributed by atoms with E-state index in [-0.39, 0.29) is 24.0 Å². The Morgan fingerprint density at radius 3 is 2.57 bits per heavy atom. The van der Waals surface area contributed by atoms with E-state index in [2.05, 4.69) is 19.6 Å². The van der Waals surface area contributed by atoms with Gasteiger partial charge in [-0.3, -0.25) is 9.59 Å². The molecule has 0 aromatic carbocycles. The molecular weight excluding hydrogens is 352 g/mol. The Kier molecular flexibility index (Phi) is 11.7. The second-order valence-electron chi connectivity index (χ2n) is 8.04. The quantitative estimate of drug-likeness (QED) is 0.265. The monoisotopic (exact) mass is 390 g/mol. The molecule has 1 rings (SSSR count). The summed E-state index contributed by atoms with van der Waals surface area (Å²) in [5, 5.41) is 19.3. The lowest BCUT2D eigenvalue weighted by molar-refractivity contribution is -0.137. The van der Waals surface area contributed by atoms with Crippen LogP contribution in [-0.2, 0) is 9.59 Å². The highest BCUT2D eigenvalue weighted by molar-refractivity contribution is 5.94. The summed E-state index contributed by atoms with van der Waals surface area (Å²) >= 11 is 0. The van der Waals surface area contributed by atoms with Crippen LogP contribution in [0.15, 0.2) is 37.0 Å². The number of ketones is 1. The van der Waals surface area contributed by atoms with E-state index in [0.29, 0.717) is 12.8 Å². The predicted octanol–water partition coefficient (Wildman–Crippen LogP) is 5.62. The number of rotatable bonds is 16. The smallest absolute Gasteiger partial charge is 0.303 e. The molecule has 2 N–H and O–H groups in total. The summed E-state index contributed by atoms with van der Waals surface area (Å²) in [6.07, 6.45) is 19.6. The van der Waals surface area contributed by atoms with Gasteiger partial charge in [-0.05, 0) is 31.8 Å². The number of carbonyl (C=O) groups is 2. The van der Waals surface area contributed by atoms with Gasteiger partial charge in [0.15, 0.2) is 5.78 Å². The van der Waals surface area contributed by atoms with Gasteiger partial charge in [-0.15, -0.1) is 6.58 Å². The highest BCUT2D eigenvalue weighted by Crippen LogP contribution is 2.30. The minimum atomic E-state index is -0.865. The molecule has 4 nitrogen and oxygen atoms in total. The maximum Gasteiger partial charge on any atom is 0.303 e. The second kappa shape index (κ2) is 13.5. The van der Waals surface area contributed by atoms with Gasteiger partial charge in [-0.2, -0.15) is 0 Å². The fraction of sp³-hybridized carbons (Fsp3) is 0.667. The van der Waals surface area contributed by atoms with E-state index in [9.17, 15) is 14.7 Å². The zero-order valence-electron chi connectivity index (χ0n) is 17.4. The average Bonchev–Trinajstić information content (AvgIpc) is 3.01. The molecule has 0 fully saturated rings. The third-order valence-corrected chi connectivity index (χ3v) is 5.64. The number of hydrogen-bond donors (Lipinski definition) is 2. The van der Waals surface area contributed by atoms with Crippen molar-refractivity contribution in [3.8, 4) is 0 Å². The lowest BCUT2D eigenvalue weighted by Gasteiger charge is -2.23. The Balaban J connectivity index is 2.40. The first-order valence-electron chi connectivity index (χ1n) is 10.9. The predicted molar refractivity (Wildman–Crippen MR) is 114 cm³/mol. The molecule has 4 heteroatoms.